The second kappa shape index (κ2) is 7.02. The molecule has 0 aliphatic rings. The van der Waals surface area contributed by atoms with E-state index in [-0.39, 0.29) is 6.04 Å². The Balaban J connectivity index is 2.41. The zero-order valence-corrected chi connectivity index (χ0v) is 12.4. The highest BCUT2D eigenvalue weighted by Gasteiger charge is 2.17. The fourth-order valence-corrected chi connectivity index (χ4v) is 2.45. The van der Waals surface area contributed by atoms with E-state index >= 15 is 0 Å². The summed E-state index contributed by atoms with van der Waals surface area (Å²) in [6, 6.07) is 8.15. The molecular formula is C14H22BrNO. The van der Waals surface area contributed by atoms with E-state index in [0.29, 0.717) is 11.8 Å². The number of hydrogen-bond donors (Lipinski definition) is 1. The van der Waals surface area contributed by atoms with Crippen LogP contribution in [0.4, 0.5) is 0 Å². The third kappa shape index (κ3) is 5.09. The van der Waals surface area contributed by atoms with Crippen molar-refractivity contribution in [3.05, 3.63) is 28.7 Å². The van der Waals surface area contributed by atoms with E-state index in [1.54, 1.807) is 0 Å². The molecule has 0 aliphatic heterocycles. The standard InChI is InChI=1S/C14H22BrNO/c1-10(2)14(11(3)16)7-8-17-13-6-4-5-12(15)9-13/h4-6,9-11,14H,7-8,16H2,1-3H3. The van der Waals surface area contributed by atoms with Gasteiger partial charge in [0.25, 0.3) is 0 Å². The van der Waals surface area contributed by atoms with Gasteiger partial charge in [0.05, 0.1) is 6.61 Å². The van der Waals surface area contributed by atoms with Crippen LogP contribution in [0.2, 0.25) is 0 Å². The second-order valence-electron chi connectivity index (χ2n) is 4.86. The maximum absolute atomic E-state index is 5.98. The molecule has 96 valence electrons. The highest BCUT2D eigenvalue weighted by molar-refractivity contribution is 9.10. The van der Waals surface area contributed by atoms with E-state index in [2.05, 4.69) is 36.7 Å². The fourth-order valence-electron chi connectivity index (χ4n) is 2.07. The molecule has 3 heteroatoms. The van der Waals surface area contributed by atoms with Crippen molar-refractivity contribution in [3.8, 4) is 5.75 Å². The van der Waals surface area contributed by atoms with Crippen molar-refractivity contribution in [1.82, 2.24) is 0 Å². The normalized spacial score (nSPS) is 14.7. The lowest BCUT2D eigenvalue weighted by atomic mass is 9.87. The largest absolute Gasteiger partial charge is 0.494 e. The highest BCUT2D eigenvalue weighted by Crippen LogP contribution is 2.21. The van der Waals surface area contributed by atoms with Gasteiger partial charge < -0.3 is 10.5 Å². The maximum atomic E-state index is 5.98. The minimum atomic E-state index is 0.223. The molecule has 0 spiro atoms. The average molecular weight is 300 g/mol. The molecule has 0 fully saturated rings. The molecule has 0 aliphatic carbocycles. The van der Waals surface area contributed by atoms with Gasteiger partial charge in [0.2, 0.25) is 0 Å². The number of benzene rings is 1. The predicted octanol–water partition coefficient (Wildman–Crippen LogP) is 3.84. The lowest BCUT2D eigenvalue weighted by Gasteiger charge is -2.24. The smallest absolute Gasteiger partial charge is 0.120 e. The van der Waals surface area contributed by atoms with E-state index in [1.165, 1.54) is 0 Å². The molecule has 0 amide bonds. The Bertz CT molecular complexity index is 331. The first-order valence-electron chi connectivity index (χ1n) is 6.14. The third-order valence-electron chi connectivity index (χ3n) is 3.05. The summed E-state index contributed by atoms with van der Waals surface area (Å²) in [5.74, 6) is 2.02. The summed E-state index contributed by atoms with van der Waals surface area (Å²) in [5, 5.41) is 0. The predicted molar refractivity (Wildman–Crippen MR) is 76.2 cm³/mol. The van der Waals surface area contributed by atoms with Crippen molar-refractivity contribution in [2.24, 2.45) is 17.6 Å². The van der Waals surface area contributed by atoms with Gasteiger partial charge in [-0.1, -0.05) is 35.8 Å². The van der Waals surface area contributed by atoms with Crippen molar-refractivity contribution in [1.29, 1.82) is 0 Å². The van der Waals surface area contributed by atoms with Gasteiger partial charge in [0, 0.05) is 10.5 Å². The van der Waals surface area contributed by atoms with Crippen LogP contribution in [0, 0.1) is 11.8 Å². The number of hydrogen-bond acceptors (Lipinski definition) is 2. The van der Waals surface area contributed by atoms with Crippen molar-refractivity contribution in [2.45, 2.75) is 33.2 Å². The third-order valence-corrected chi connectivity index (χ3v) is 3.54. The van der Waals surface area contributed by atoms with Crippen molar-refractivity contribution >= 4 is 15.9 Å². The number of ether oxygens (including phenoxy) is 1. The Labute approximate surface area is 113 Å². The molecule has 17 heavy (non-hydrogen) atoms. The summed E-state index contributed by atoms with van der Waals surface area (Å²) in [6.45, 7) is 7.23. The monoisotopic (exact) mass is 299 g/mol. The van der Waals surface area contributed by atoms with Gasteiger partial charge in [-0.3, -0.25) is 0 Å². The minimum absolute atomic E-state index is 0.223. The fraction of sp³-hybridized carbons (Fsp3) is 0.571. The van der Waals surface area contributed by atoms with Gasteiger partial charge in [0.15, 0.2) is 0 Å². The molecular weight excluding hydrogens is 278 g/mol. The summed E-state index contributed by atoms with van der Waals surface area (Å²) < 4.78 is 6.78. The molecule has 0 saturated carbocycles. The highest BCUT2D eigenvalue weighted by atomic mass is 79.9. The van der Waals surface area contributed by atoms with Crippen LogP contribution in [-0.2, 0) is 0 Å². The molecule has 1 aromatic carbocycles. The lowest BCUT2D eigenvalue weighted by Crippen LogP contribution is -2.31. The second-order valence-corrected chi connectivity index (χ2v) is 5.78. The van der Waals surface area contributed by atoms with Crippen LogP contribution < -0.4 is 10.5 Å². The first-order valence-corrected chi connectivity index (χ1v) is 6.94. The molecule has 0 radical (unpaired) electrons. The van der Waals surface area contributed by atoms with Crippen LogP contribution in [0.5, 0.6) is 5.75 Å². The van der Waals surface area contributed by atoms with Gasteiger partial charge in [-0.15, -0.1) is 0 Å². The van der Waals surface area contributed by atoms with E-state index in [1.807, 2.05) is 24.3 Å². The Hall–Kier alpha value is -0.540. The molecule has 0 heterocycles. The van der Waals surface area contributed by atoms with Crippen LogP contribution in [0.3, 0.4) is 0 Å². The molecule has 0 bridgehead atoms. The molecule has 0 aromatic heterocycles. The van der Waals surface area contributed by atoms with E-state index in [9.17, 15) is 0 Å². The van der Waals surface area contributed by atoms with Gasteiger partial charge >= 0.3 is 0 Å². The molecule has 2 N–H and O–H groups in total. The number of rotatable bonds is 6. The summed E-state index contributed by atoms with van der Waals surface area (Å²) in [6.07, 6.45) is 1.00. The average Bonchev–Trinajstić information content (AvgIpc) is 2.23. The Kier molecular flexibility index (Phi) is 6.00. The van der Waals surface area contributed by atoms with Crippen LogP contribution in [-0.4, -0.2) is 12.6 Å². The Morgan fingerprint density at radius 2 is 2.00 bits per heavy atom. The summed E-state index contributed by atoms with van der Waals surface area (Å²) in [7, 11) is 0. The Morgan fingerprint density at radius 3 is 2.53 bits per heavy atom. The maximum Gasteiger partial charge on any atom is 0.120 e. The van der Waals surface area contributed by atoms with E-state index in [4.69, 9.17) is 10.5 Å². The zero-order valence-electron chi connectivity index (χ0n) is 10.8. The first-order chi connectivity index (χ1) is 8.00. The molecule has 0 saturated heterocycles. The molecule has 1 aromatic rings. The Morgan fingerprint density at radius 1 is 1.29 bits per heavy atom. The topological polar surface area (TPSA) is 35.2 Å². The van der Waals surface area contributed by atoms with Gasteiger partial charge in [-0.05, 0) is 43.4 Å². The minimum Gasteiger partial charge on any atom is -0.494 e. The van der Waals surface area contributed by atoms with Gasteiger partial charge in [-0.25, -0.2) is 0 Å². The van der Waals surface area contributed by atoms with E-state index in [0.717, 1.165) is 23.2 Å². The summed E-state index contributed by atoms with van der Waals surface area (Å²) in [5.41, 5.74) is 5.98. The van der Waals surface area contributed by atoms with Crippen molar-refractivity contribution < 1.29 is 4.74 Å². The van der Waals surface area contributed by atoms with E-state index < -0.39 is 0 Å². The zero-order chi connectivity index (χ0) is 12.8. The molecule has 1 rings (SSSR count). The summed E-state index contributed by atoms with van der Waals surface area (Å²) >= 11 is 3.43. The van der Waals surface area contributed by atoms with Gasteiger partial charge in [0.1, 0.15) is 5.75 Å². The quantitative estimate of drug-likeness (QED) is 0.866. The van der Waals surface area contributed by atoms with Crippen LogP contribution in [0.15, 0.2) is 28.7 Å². The summed E-state index contributed by atoms with van der Waals surface area (Å²) in [4.78, 5) is 0. The molecule has 2 unspecified atom stereocenters. The van der Waals surface area contributed by atoms with Gasteiger partial charge in [-0.2, -0.15) is 0 Å². The number of nitrogens with two attached hydrogens (primary N) is 1. The van der Waals surface area contributed by atoms with Crippen LogP contribution in [0.1, 0.15) is 27.2 Å². The number of halogens is 1. The van der Waals surface area contributed by atoms with Crippen molar-refractivity contribution in [2.75, 3.05) is 6.61 Å². The SMILES string of the molecule is CC(C)C(CCOc1cccc(Br)c1)C(C)N. The van der Waals surface area contributed by atoms with Crippen LogP contribution >= 0.6 is 15.9 Å². The first kappa shape index (κ1) is 14.5. The molecule has 2 nitrogen and oxygen atoms in total. The molecule has 2 atom stereocenters. The van der Waals surface area contributed by atoms with Crippen LogP contribution in [0.25, 0.3) is 0 Å². The van der Waals surface area contributed by atoms with Crippen molar-refractivity contribution in [3.63, 3.8) is 0 Å². The lowest BCUT2D eigenvalue weighted by molar-refractivity contribution is 0.229.